The molecule has 1 saturated heterocycles. The minimum absolute atomic E-state index is 0.130. The van der Waals surface area contributed by atoms with E-state index in [-0.39, 0.29) is 12.5 Å². The molecular weight excluding hydrogens is 1200 g/mol. The number of amides is 1. The average Bonchev–Trinajstić information content (AvgIpc) is 0.854. The molecule has 0 aromatic rings. The Morgan fingerprint density at radius 1 is 0.309 bits per heavy atom. The number of aliphatic hydroxyl groups excluding tert-OH is 5. The van der Waals surface area contributed by atoms with Crippen LogP contribution in [0.4, 0.5) is 0 Å². The van der Waals surface area contributed by atoms with E-state index in [1.165, 1.54) is 437 Å². The zero-order valence-corrected chi connectivity index (χ0v) is 65.7. The van der Waals surface area contributed by atoms with Crippen molar-refractivity contribution < 1.29 is 39.8 Å². The topological polar surface area (TPSA) is 149 Å². The van der Waals surface area contributed by atoms with E-state index in [1.807, 2.05) is 0 Å². The Morgan fingerprint density at radius 2 is 0.515 bits per heavy atom. The summed E-state index contributed by atoms with van der Waals surface area (Å²) in [6.07, 6.45) is 95.6. The third-order valence-electron chi connectivity index (χ3n) is 22.2. The van der Waals surface area contributed by atoms with Crippen molar-refractivity contribution in [3.05, 3.63) is 0 Å². The van der Waals surface area contributed by atoms with Gasteiger partial charge in [-0.05, 0) is 12.8 Å². The van der Waals surface area contributed by atoms with E-state index in [4.69, 9.17) is 9.47 Å². The Hall–Kier alpha value is -0.810. The zero-order valence-electron chi connectivity index (χ0n) is 65.7. The van der Waals surface area contributed by atoms with Gasteiger partial charge >= 0.3 is 0 Å². The first-order chi connectivity index (χ1) is 47.8. The summed E-state index contributed by atoms with van der Waals surface area (Å²) >= 11 is 0. The second kappa shape index (κ2) is 77.8. The highest BCUT2D eigenvalue weighted by atomic mass is 16.7. The molecule has 0 spiro atoms. The summed E-state index contributed by atoms with van der Waals surface area (Å²) < 4.78 is 11.4. The molecule has 1 fully saturated rings. The van der Waals surface area contributed by atoms with Crippen LogP contribution in [0.2, 0.25) is 0 Å². The molecule has 0 saturated carbocycles. The van der Waals surface area contributed by atoms with Crippen LogP contribution in [0.25, 0.3) is 0 Å². The maximum Gasteiger partial charge on any atom is 0.220 e. The fraction of sp³-hybridized carbons (Fsp3) is 0.989. The minimum atomic E-state index is -1.55. The fourth-order valence-electron chi connectivity index (χ4n) is 15.3. The number of ether oxygens (including phenoxy) is 2. The van der Waals surface area contributed by atoms with Gasteiger partial charge in [0.1, 0.15) is 24.4 Å². The number of hydrogen-bond acceptors (Lipinski definition) is 8. The number of aliphatic hydroxyl groups is 5. The number of carbonyl (C=O) groups is 1. The van der Waals surface area contributed by atoms with E-state index in [0.717, 1.165) is 38.5 Å². The Labute approximate surface area is 605 Å². The lowest BCUT2D eigenvalue weighted by Gasteiger charge is -2.40. The van der Waals surface area contributed by atoms with Gasteiger partial charge in [0.2, 0.25) is 5.91 Å². The second-order valence-corrected chi connectivity index (χ2v) is 31.8. The molecule has 1 heterocycles. The van der Waals surface area contributed by atoms with Gasteiger partial charge in [0.25, 0.3) is 0 Å². The predicted molar refractivity (Wildman–Crippen MR) is 420 cm³/mol. The first-order valence-corrected chi connectivity index (χ1v) is 44.7. The fourth-order valence-corrected chi connectivity index (χ4v) is 15.3. The predicted octanol–water partition coefficient (Wildman–Crippen LogP) is 26.3. The van der Waals surface area contributed by atoms with Gasteiger partial charge < -0.3 is 40.3 Å². The van der Waals surface area contributed by atoms with Crippen molar-refractivity contribution in [2.45, 2.75) is 545 Å². The molecule has 0 aliphatic carbocycles. The maximum absolute atomic E-state index is 13.2. The maximum atomic E-state index is 13.2. The molecule has 6 N–H and O–H groups in total. The van der Waals surface area contributed by atoms with E-state index < -0.39 is 49.5 Å². The molecular formula is C88H175NO8. The van der Waals surface area contributed by atoms with Crippen molar-refractivity contribution in [1.29, 1.82) is 0 Å². The Bertz CT molecular complexity index is 1500. The van der Waals surface area contributed by atoms with Crippen molar-refractivity contribution in [2.75, 3.05) is 13.2 Å². The first-order valence-electron chi connectivity index (χ1n) is 44.7. The molecule has 0 radical (unpaired) electrons. The third kappa shape index (κ3) is 65.7. The van der Waals surface area contributed by atoms with E-state index in [0.29, 0.717) is 12.8 Å². The van der Waals surface area contributed by atoms with Crippen LogP contribution in [0.3, 0.4) is 0 Å². The molecule has 1 aliphatic heterocycles. The van der Waals surface area contributed by atoms with E-state index in [9.17, 15) is 30.3 Å². The molecule has 0 aromatic heterocycles. The number of nitrogens with one attached hydrogen (secondary N) is 1. The van der Waals surface area contributed by atoms with Crippen molar-refractivity contribution in [3.63, 3.8) is 0 Å². The monoisotopic (exact) mass is 1370 g/mol. The second-order valence-electron chi connectivity index (χ2n) is 31.8. The van der Waals surface area contributed by atoms with Crippen molar-refractivity contribution in [2.24, 2.45) is 0 Å². The number of unbranched alkanes of at least 4 members (excludes halogenated alkanes) is 72. The minimum Gasteiger partial charge on any atom is -0.394 e. The normalized spacial score (nSPS) is 17.2. The number of rotatable bonds is 82. The summed E-state index contributed by atoms with van der Waals surface area (Å²) in [5.74, 6) is -0.130. The van der Waals surface area contributed by atoms with Gasteiger partial charge in [-0.1, -0.05) is 483 Å². The van der Waals surface area contributed by atoms with Gasteiger partial charge in [-0.15, -0.1) is 0 Å². The molecule has 1 aliphatic rings. The molecule has 9 heteroatoms. The Kier molecular flexibility index (Phi) is 75.5. The summed E-state index contributed by atoms with van der Waals surface area (Å²) in [5.41, 5.74) is 0. The van der Waals surface area contributed by atoms with Crippen LogP contribution >= 0.6 is 0 Å². The molecule has 97 heavy (non-hydrogen) atoms. The molecule has 9 nitrogen and oxygen atoms in total. The van der Waals surface area contributed by atoms with Gasteiger partial charge in [0.05, 0.1) is 25.4 Å². The van der Waals surface area contributed by atoms with Crippen LogP contribution in [-0.2, 0) is 14.3 Å². The van der Waals surface area contributed by atoms with Gasteiger partial charge in [-0.2, -0.15) is 0 Å². The van der Waals surface area contributed by atoms with E-state index in [2.05, 4.69) is 19.2 Å². The van der Waals surface area contributed by atoms with Crippen molar-refractivity contribution >= 4 is 5.91 Å². The summed E-state index contributed by atoms with van der Waals surface area (Å²) in [6, 6.07) is -0.717. The van der Waals surface area contributed by atoms with Crippen LogP contribution in [0.5, 0.6) is 0 Å². The van der Waals surface area contributed by atoms with Crippen LogP contribution in [0, 0.1) is 0 Å². The van der Waals surface area contributed by atoms with Gasteiger partial charge in [-0.3, -0.25) is 4.79 Å². The van der Waals surface area contributed by atoms with Gasteiger partial charge in [0.15, 0.2) is 6.29 Å². The lowest BCUT2D eigenvalue weighted by atomic mass is 9.99. The van der Waals surface area contributed by atoms with Crippen LogP contribution in [0.1, 0.15) is 502 Å². The quantitative estimate of drug-likeness (QED) is 0.0330. The van der Waals surface area contributed by atoms with Crippen LogP contribution in [-0.4, -0.2) is 87.5 Å². The smallest absolute Gasteiger partial charge is 0.220 e. The SMILES string of the molecule is CCCCCCCCCCCCCCCCCCCCCCCCCCCCCCCCCCCCCCCCCCCC(=O)NC(COC1OC(CO)C(O)C(O)C1O)C(O)CCCCCCCCCCCCCCCCCCCCCCCCCCCCCCCCCCC. The molecule has 580 valence electrons. The highest BCUT2D eigenvalue weighted by Gasteiger charge is 2.44. The lowest BCUT2D eigenvalue weighted by molar-refractivity contribution is -0.302. The standard InChI is InChI=1S/C88H175NO8/c1-3-5-7-9-11-13-15-17-19-21-23-25-27-29-31-33-35-37-38-39-40-41-42-43-44-46-48-50-52-54-56-58-60-62-64-66-68-70-72-74-76-78-84(92)89-81(80-96-88-87(95)86(94)85(93)83(79-90)97-88)82(91)77-75-73-71-69-67-65-63-61-59-57-55-53-51-49-47-45-36-34-32-30-28-26-24-22-20-18-16-14-12-10-8-6-4-2/h81-83,85-88,90-91,93-95H,3-80H2,1-2H3,(H,89,92). The number of carbonyl (C=O) groups excluding carboxylic acids is 1. The highest BCUT2D eigenvalue weighted by Crippen LogP contribution is 2.25. The van der Waals surface area contributed by atoms with Crippen LogP contribution < -0.4 is 5.32 Å². The van der Waals surface area contributed by atoms with E-state index in [1.54, 1.807) is 0 Å². The van der Waals surface area contributed by atoms with Gasteiger partial charge in [0, 0.05) is 6.42 Å². The van der Waals surface area contributed by atoms with Crippen molar-refractivity contribution in [3.8, 4) is 0 Å². The van der Waals surface area contributed by atoms with Crippen LogP contribution in [0.15, 0.2) is 0 Å². The molecule has 0 aromatic carbocycles. The largest absolute Gasteiger partial charge is 0.394 e. The summed E-state index contributed by atoms with van der Waals surface area (Å²) in [6.45, 7) is 3.93. The molecule has 7 atom stereocenters. The highest BCUT2D eigenvalue weighted by molar-refractivity contribution is 5.76. The number of hydrogen-bond donors (Lipinski definition) is 6. The zero-order chi connectivity index (χ0) is 69.9. The molecule has 1 rings (SSSR count). The first kappa shape index (κ1) is 94.2. The molecule has 7 unspecified atom stereocenters. The molecule has 0 bridgehead atoms. The van der Waals surface area contributed by atoms with Crippen molar-refractivity contribution in [1.82, 2.24) is 5.32 Å². The summed E-state index contributed by atoms with van der Waals surface area (Å²) in [4.78, 5) is 13.2. The Morgan fingerprint density at radius 3 is 0.732 bits per heavy atom. The lowest BCUT2D eigenvalue weighted by Crippen LogP contribution is -2.60. The average molecular weight is 1380 g/mol. The summed E-state index contributed by atoms with van der Waals surface area (Å²) in [5, 5.41) is 55.2. The summed E-state index contributed by atoms with van der Waals surface area (Å²) in [7, 11) is 0. The van der Waals surface area contributed by atoms with E-state index >= 15 is 0 Å². The Balaban J connectivity index is 1.99. The third-order valence-corrected chi connectivity index (χ3v) is 22.2. The molecule has 1 amide bonds. The van der Waals surface area contributed by atoms with Gasteiger partial charge in [-0.25, -0.2) is 0 Å².